The van der Waals surface area contributed by atoms with Gasteiger partial charge in [0.25, 0.3) is 0 Å². The van der Waals surface area contributed by atoms with Crippen molar-refractivity contribution < 1.29 is 29.3 Å². The van der Waals surface area contributed by atoms with Crippen LogP contribution in [0.2, 0.25) is 0 Å². The summed E-state index contributed by atoms with van der Waals surface area (Å²) < 4.78 is 11.6. The zero-order valence-corrected chi connectivity index (χ0v) is 16.3. The lowest BCUT2D eigenvalue weighted by molar-refractivity contribution is -0.159. The van der Waals surface area contributed by atoms with Gasteiger partial charge in [-0.3, -0.25) is 4.90 Å². The van der Waals surface area contributed by atoms with Crippen molar-refractivity contribution in [2.45, 2.75) is 25.9 Å². The fraction of sp³-hybridized carbons (Fsp3) is 0.364. The lowest BCUT2D eigenvalue weighted by Gasteiger charge is -2.26. The zero-order valence-electron chi connectivity index (χ0n) is 16.3. The van der Waals surface area contributed by atoms with Crippen LogP contribution in [0.25, 0.3) is 0 Å². The van der Waals surface area contributed by atoms with Crippen LogP contribution in [0.15, 0.2) is 54.6 Å². The molecule has 29 heavy (non-hydrogen) atoms. The molecule has 0 bridgehead atoms. The van der Waals surface area contributed by atoms with E-state index in [1.165, 1.54) is 37.9 Å². The quantitative estimate of drug-likeness (QED) is 0.687. The van der Waals surface area contributed by atoms with Crippen LogP contribution in [-0.4, -0.2) is 53.3 Å². The molecule has 156 valence electrons. The molecule has 1 aliphatic heterocycles. The van der Waals surface area contributed by atoms with E-state index in [1.54, 1.807) is 0 Å². The van der Waals surface area contributed by atoms with Gasteiger partial charge < -0.3 is 19.7 Å². The van der Waals surface area contributed by atoms with Gasteiger partial charge in [0.2, 0.25) is 0 Å². The summed E-state index contributed by atoms with van der Waals surface area (Å²) in [4.78, 5) is 20.7. The first-order valence-electron chi connectivity index (χ1n) is 9.63. The van der Waals surface area contributed by atoms with Crippen LogP contribution in [0.1, 0.15) is 24.8 Å². The van der Waals surface area contributed by atoms with Crippen LogP contribution >= 0.6 is 0 Å². The summed E-state index contributed by atoms with van der Waals surface area (Å²) >= 11 is 0. The highest BCUT2D eigenvalue weighted by Crippen LogP contribution is 2.19. The third-order valence-electron chi connectivity index (χ3n) is 4.38. The lowest BCUT2D eigenvalue weighted by Crippen LogP contribution is -2.33. The molecule has 3 rings (SSSR count). The average molecular weight is 401 g/mol. The highest BCUT2D eigenvalue weighted by Gasteiger charge is 2.09. The van der Waals surface area contributed by atoms with E-state index < -0.39 is 11.9 Å². The third kappa shape index (κ3) is 9.12. The number of nitrogens with zero attached hydrogens (tertiary/aromatic N) is 1. The molecule has 2 aromatic rings. The number of carboxylic acids is 2. The number of rotatable bonds is 7. The summed E-state index contributed by atoms with van der Waals surface area (Å²) in [6.07, 6.45) is 4.03. The van der Waals surface area contributed by atoms with Crippen LogP contribution in [0.3, 0.4) is 0 Å². The lowest BCUT2D eigenvalue weighted by atomic mass is 10.1. The number of ether oxygens (including phenoxy) is 2. The normalized spacial score (nSPS) is 13.7. The number of carboxylic acid groups (broad SMARTS) is 2. The van der Waals surface area contributed by atoms with Crippen molar-refractivity contribution >= 4 is 11.9 Å². The number of carbonyl (C=O) groups is 2. The first-order chi connectivity index (χ1) is 14.0. The van der Waals surface area contributed by atoms with Crippen molar-refractivity contribution in [3.63, 3.8) is 0 Å². The molecule has 1 aliphatic rings. The van der Waals surface area contributed by atoms with Gasteiger partial charge in [0, 0.05) is 6.54 Å². The molecule has 1 heterocycles. The molecule has 0 atom stereocenters. The van der Waals surface area contributed by atoms with E-state index in [0.29, 0.717) is 6.61 Å². The zero-order chi connectivity index (χ0) is 20.9. The predicted octanol–water partition coefficient (Wildman–Crippen LogP) is 3.29. The molecular formula is C22H27NO6. The third-order valence-corrected chi connectivity index (χ3v) is 4.38. The van der Waals surface area contributed by atoms with Gasteiger partial charge in [0.15, 0.2) is 0 Å². The summed E-state index contributed by atoms with van der Waals surface area (Å²) in [5.74, 6) is -1.86. The van der Waals surface area contributed by atoms with Crippen LogP contribution in [0, 0.1) is 0 Å². The summed E-state index contributed by atoms with van der Waals surface area (Å²) in [5.41, 5.74) is 1.18. The van der Waals surface area contributed by atoms with Crippen LogP contribution < -0.4 is 9.47 Å². The van der Waals surface area contributed by atoms with Crippen LogP contribution in [-0.2, 0) is 16.2 Å². The van der Waals surface area contributed by atoms with Gasteiger partial charge in [0.1, 0.15) is 24.7 Å². The van der Waals surface area contributed by atoms with Crippen molar-refractivity contribution in [1.29, 1.82) is 0 Å². The SMILES string of the molecule is O=C(O)C(=O)O.c1ccc(COc2ccc(OCCN3CCCCC3)cc2)cc1. The molecule has 0 aliphatic carbocycles. The number of hydrogen-bond acceptors (Lipinski definition) is 5. The summed E-state index contributed by atoms with van der Waals surface area (Å²) in [5, 5.41) is 14.8. The smallest absolute Gasteiger partial charge is 0.414 e. The van der Waals surface area contributed by atoms with Crippen molar-refractivity contribution in [2.75, 3.05) is 26.2 Å². The van der Waals surface area contributed by atoms with Crippen LogP contribution in [0.4, 0.5) is 0 Å². The molecule has 1 fully saturated rings. The Hall–Kier alpha value is -3.06. The van der Waals surface area contributed by atoms with E-state index in [1.807, 2.05) is 42.5 Å². The molecule has 2 N–H and O–H groups in total. The molecular weight excluding hydrogens is 374 g/mol. The van der Waals surface area contributed by atoms with Crippen molar-refractivity contribution in [1.82, 2.24) is 4.90 Å². The molecule has 0 saturated carbocycles. The predicted molar refractivity (Wildman–Crippen MR) is 108 cm³/mol. The molecule has 0 spiro atoms. The highest BCUT2D eigenvalue weighted by molar-refractivity contribution is 6.27. The first kappa shape index (κ1) is 22.2. The van der Waals surface area contributed by atoms with Gasteiger partial charge in [-0.05, 0) is 55.8 Å². The summed E-state index contributed by atoms with van der Waals surface area (Å²) in [7, 11) is 0. The minimum absolute atomic E-state index is 0.593. The van der Waals surface area contributed by atoms with Gasteiger partial charge in [-0.25, -0.2) is 9.59 Å². The van der Waals surface area contributed by atoms with E-state index >= 15 is 0 Å². The number of likely N-dealkylation sites (tertiary alicyclic amines) is 1. The molecule has 7 heteroatoms. The molecule has 1 saturated heterocycles. The Kier molecular flexibility index (Phi) is 9.51. The molecule has 7 nitrogen and oxygen atoms in total. The molecule has 0 amide bonds. The fourth-order valence-electron chi connectivity index (χ4n) is 2.85. The summed E-state index contributed by atoms with van der Waals surface area (Å²) in [6, 6.07) is 18.1. The van der Waals surface area contributed by atoms with Crippen molar-refractivity contribution in [2.24, 2.45) is 0 Å². The summed E-state index contributed by atoms with van der Waals surface area (Å²) in [6.45, 7) is 4.80. The van der Waals surface area contributed by atoms with Gasteiger partial charge >= 0.3 is 11.9 Å². The number of benzene rings is 2. The number of aliphatic carboxylic acids is 2. The van der Waals surface area contributed by atoms with E-state index in [4.69, 9.17) is 29.3 Å². The number of hydrogen-bond donors (Lipinski definition) is 2. The van der Waals surface area contributed by atoms with E-state index in [-0.39, 0.29) is 0 Å². The molecule has 0 aromatic heterocycles. The van der Waals surface area contributed by atoms with Crippen molar-refractivity contribution in [3.05, 3.63) is 60.2 Å². The Labute approximate surface area is 170 Å². The maximum Gasteiger partial charge on any atom is 0.414 e. The Morgan fingerprint density at radius 2 is 1.34 bits per heavy atom. The maximum atomic E-state index is 9.10. The molecule has 2 aromatic carbocycles. The topological polar surface area (TPSA) is 96.3 Å². The Morgan fingerprint density at radius 3 is 1.90 bits per heavy atom. The maximum absolute atomic E-state index is 9.10. The average Bonchev–Trinajstić information content (AvgIpc) is 2.75. The Morgan fingerprint density at radius 1 is 0.793 bits per heavy atom. The minimum atomic E-state index is -1.82. The van der Waals surface area contributed by atoms with Gasteiger partial charge in [-0.2, -0.15) is 0 Å². The minimum Gasteiger partial charge on any atom is -0.492 e. The van der Waals surface area contributed by atoms with Crippen LogP contribution in [0.5, 0.6) is 11.5 Å². The van der Waals surface area contributed by atoms with E-state index in [2.05, 4.69) is 17.0 Å². The monoisotopic (exact) mass is 401 g/mol. The van der Waals surface area contributed by atoms with E-state index in [9.17, 15) is 0 Å². The van der Waals surface area contributed by atoms with E-state index in [0.717, 1.165) is 24.7 Å². The Balaban J connectivity index is 0.000000438. The largest absolute Gasteiger partial charge is 0.492 e. The van der Waals surface area contributed by atoms with Gasteiger partial charge in [-0.1, -0.05) is 36.8 Å². The second-order valence-electron chi connectivity index (χ2n) is 6.61. The second kappa shape index (κ2) is 12.4. The van der Waals surface area contributed by atoms with Crippen molar-refractivity contribution in [3.8, 4) is 11.5 Å². The Bertz CT molecular complexity index is 730. The highest BCUT2D eigenvalue weighted by atomic mass is 16.5. The fourth-order valence-corrected chi connectivity index (χ4v) is 2.85. The standard InChI is InChI=1S/C20H25NO2.C2H2O4/c1-3-7-18(8-4-1)17-23-20-11-9-19(10-12-20)22-16-15-21-13-5-2-6-14-21;3-1(4)2(5)6/h1,3-4,7-12H,2,5-6,13-17H2;(H,3,4)(H,5,6). The van der Waals surface area contributed by atoms with Gasteiger partial charge in [0.05, 0.1) is 0 Å². The first-order valence-corrected chi connectivity index (χ1v) is 9.63. The second-order valence-corrected chi connectivity index (χ2v) is 6.61. The molecule has 0 radical (unpaired) electrons. The molecule has 0 unspecified atom stereocenters. The van der Waals surface area contributed by atoms with Gasteiger partial charge in [-0.15, -0.1) is 0 Å². The number of piperidine rings is 1.